The van der Waals surface area contributed by atoms with Crippen LogP contribution in [0.3, 0.4) is 0 Å². The Bertz CT molecular complexity index is 1280. The van der Waals surface area contributed by atoms with Gasteiger partial charge >= 0.3 is 0 Å². The van der Waals surface area contributed by atoms with E-state index in [0.29, 0.717) is 30.7 Å². The molecule has 7 nitrogen and oxygen atoms in total. The molecule has 4 aromatic rings. The van der Waals surface area contributed by atoms with Gasteiger partial charge in [-0.15, -0.1) is 0 Å². The number of aryl methyl sites for hydroxylation is 1. The highest BCUT2D eigenvalue weighted by Gasteiger charge is 2.17. The van der Waals surface area contributed by atoms with Crippen LogP contribution in [-0.2, 0) is 17.8 Å². The summed E-state index contributed by atoms with van der Waals surface area (Å²) in [5, 5.41) is 2.95. The highest BCUT2D eigenvalue weighted by molar-refractivity contribution is 5.94. The highest BCUT2D eigenvalue weighted by atomic mass is 16.5. The lowest BCUT2D eigenvalue weighted by atomic mass is 10.2. The number of nitrogens with one attached hydrogen (secondary N) is 1. The Balaban J connectivity index is 1.43. The number of carbonyl (C=O) groups is 2. The molecule has 0 saturated heterocycles. The van der Waals surface area contributed by atoms with E-state index >= 15 is 0 Å². The summed E-state index contributed by atoms with van der Waals surface area (Å²) < 4.78 is 7.16. The summed E-state index contributed by atoms with van der Waals surface area (Å²) in [7, 11) is 3.36. The molecule has 0 radical (unpaired) electrons. The molecule has 3 aromatic carbocycles. The molecule has 1 aromatic heterocycles. The SMILES string of the molecule is COc1cccc(C(=O)NCCCc2nc3ccccc3n2CC(=O)N(C)c2ccccc2)c1. The van der Waals surface area contributed by atoms with Gasteiger partial charge in [0.25, 0.3) is 5.91 Å². The highest BCUT2D eigenvalue weighted by Crippen LogP contribution is 2.19. The van der Waals surface area contributed by atoms with E-state index in [4.69, 9.17) is 9.72 Å². The van der Waals surface area contributed by atoms with Gasteiger partial charge in [0.05, 0.1) is 18.1 Å². The summed E-state index contributed by atoms with van der Waals surface area (Å²) in [5.74, 6) is 1.30. The van der Waals surface area contributed by atoms with Gasteiger partial charge < -0.3 is 19.5 Å². The van der Waals surface area contributed by atoms with Crippen molar-refractivity contribution >= 4 is 28.5 Å². The number of carbonyl (C=O) groups excluding carboxylic acids is 2. The first-order valence-corrected chi connectivity index (χ1v) is 11.2. The van der Waals surface area contributed by atoms with E-state index in [2.05, 4.69) is 5.32 Å². The number of imidazole rings is 1. The molecule has 4 rings (SSSR count). The van der Waals surface area contributed by atoms with E-state index in [1.165, 1.54) is 0 Å². The van der Waals surface area contributed by atoms with Crippen LogP contribution in [0.25, 0.3) is 11.0 Å². The number of ether oxygens (including phenoxy) is 1. The lowest BCUT2D eigenvalue weighted by Crippen LogP contribution is -2.30. The predicted molar refractivity (Wildman–Crippen MR) is 133 cm³/mol. The summed E-state index contributed by atoms with van der Waals surface area (Å²) >= 11 is 0. The maximum atomic E-state index is 13.0. The molecule has 0 spiro atoms. The van der Waals surface area contributed by atoms with Gasteiger partial charge in [-0.3, -0.25) is 9.59 Å². The minimum Gasteiger partial charge on any atom is -0.497 e. The van der Waals surface area contributed by atoms with Gasteiger partial charge in [-0.05, 0) is 48.9 Å². The van der Waals surface area contributed by atoms with E-state index in [-0.39, 0.29) is 18.4 Å². The molecule has 1 N–H and O–H groups in total. The number of hydrogen-bond donors (Lipinski definition) is 1. The van der Waals surface area contributed by atoms with Crippen LogP contribution in [-0.4, -0.2) is 42.1 Å². The van der Waals surface area contributed by atoms with Crippen molar-refractivity contribution in [2.24, 2.45) is 0 Å². The molecule has 7 heteroatoms. The Labute approximate surface area is 199 Å². The van der Waals surface area contributed by atoms with Crippen molar-refractivity contribution in [3.63, 3.8) is 0 Å². The second kappa shape index (κ2) is 10.7. The summed E-state index contributed by atoms with van der Waals surface area (Å²) in [6.45, 7) is 0.689. The third-order valence-electron chi connectivity index (χ3n) is 5.74. The average molecular weight is 457 g/mol. The van der Waals surface area contributed by atoms with Crippen LogP contribution < -0.4 is 15.0 Å². The minimum absolute atomic E-state index is 0.0260. The van der Waals surface area contributed by atoms with Crippen molar-refractivity contribution in [2.45, 2.75) is 19.4 Å². The number of anilines is 1. The number of amides is 2. The second-order valence-corrected chi connectivity index (χ2v) is 7.98. The molecule has 0 fully saturated rings. The molecular weight excluding hydrogens is 428 g/mol. The van der Waals surface area contributed by atoms with E-state index in [0.717, 1.165) is 22.5 Å². The zero-order chi connectivity index (χ0) is 23.9. The largest absolute Gasteiger partial charge is 0.497 e. The monoisotopic (exact) mass is 456 g/mol. The molecule has 1 heterocycles. The number of para-hydroxylation sites is 3. The fourth-order valence-electron chi connectivity index (χ4n) is 3.84. The zero-order valence-electron chi connectivity index (χ0n) is 19.4. The van der Waals surface area contributed by atoms with E-state index in [9.17, 15) is 9.59 Å². The fourth-order valence-corrected chi connectivity index (χ4v) is 3.84. The maximum Gasteiger partial charge on any atom is 0.251 e. The number of fused-ring (bicyclic) bond motifs is 1. The standard InChI is InChI=1S/C27H28N4O3/c1-30(21-11-4-3-5-12-21)26(32)19-31-24-15-7-6-14-23(24)29-25(31)16-9-17-28-27(33)20-10-8-13-22(18-20)34-2/h3-8,10-15,18H,9,16-17,19H2,1-2H3,(H,28,33). The summed E-state index contributed by atoms with van der Waals surface area (Å²) in [6.07, 6.45) is 1.33. The molecule has 0 aliphatic heterocycles. The first-order valence-electron chi connectivity index (χ1n) is 11.2. The Morgan fingerprint density at radius 2 is 1.76 bits per heavy atom. The third kappa shape index (κ3) is 5.26. The van der Waals surface area contributed by atoms with E-state index < -0.39 is 0 Å². The first kappa shape index (κ1) is 23.0. The van der Waals surface area contributed by atoms with Gasteiger partial charge in [0.1, 0.15) is 18.1 Å². The van der Waals surface area contributed by atoms with Crippen molar-refractivity contribution < 1.29 is 14.3 Å². The van der Waals surface area contributed by atoms with Crippen molar-refractivity contribution in [2.75, 3.05) is 25.6 Å². The predicted octanol–water partition coefficient (Wildman–Crippen LogP) is 4.07. The molecule has 0 aliphatic carbocycles. The normalized spacial score (nSPS) is 10.8. The van der Waals surface area contributed by atoms with Crippen LogP contribution in [0, 0.1) is 0 Å². The van der Waals surface area contributed by atoms with E-state index in [1.54, 1.807) is 43.3 Å². The summed E-state index contributed by atoms with van der Waals surface area (Å²) in [5.41, 5.74) is 3.18. The Kier molecular flexibility index (Phi) is 7.22. The number of hydrogen-bond acceptors (Lipinski definition) is 4. The van der Waals surface area contributed by atoms with Crippen molar-refractivity contribution in [1.82, 2.24) is 14.9 Å². The van der Waals surface area contributed by atoms with Crippen molar-refractivity contribution in [1.29, 1.82) is 0 Å². The molecular formula is C27H28N4O3. The lowest BCUT2D eigenvalue weighted by molar-refractivity contribution is -0.118. The molecule has 0 atom stereocenters. The van der Waals surface area contributed by atoms with E-state index in [1.807, 2.05) is 59.2 Å². The molecule has 0 aliphatic rings. The van der Waals surface area contributed by atoms with Crippen LogP contribution >= 0.6 is 0 Å². The maximum absolute atomic E-state index is 13.0. The van der Waals surface area contributed by atoms with Crippen LogP contribution in [0.15, 0.2) is 78.9 Å². The molecule has 2 amide bonds. The van der Waals surface area contributed by atoms with Gasteiger partial charge in [0, 0.05) is 31.3 Å². The molecule has 0 bridgehead atoms. The van der Waals surface area contributed by atoms with Crippen molar-refractivity contribution in [3.8, 4) is 5.75 Å². The average Bonchev–Trinajstić information content (AvgIpc) is 3.23. The lowest BCUT2D eigenvalue weighted by Gasteiger charge is -2.18. The van der Waals surface area contributed by atoms with Gasteiger partial charge in [0.15, 0.2) is 0 Å². The van der Waals surface area contributed by atoms with Gasteiger partial charge in [-0.1, -0.05) is 36.4 Å². The Morgan fingerprint density at radius 1 is 1.00 bits per heavy atom. The Hall–Kier alpha value is -4.13. The molecule has 0 unspecified atom stereocenters. The number of rotatable bonds is 9. The van der Waals surface area contributed by atoms with Crippen LogP contribution in [0.1, 0.15) is 22.6 Å². The van der Waals surface area contributed by atoms with Crippen LogP contribution in [0.5, 0.6) is 5.75 Å². The molecule has 0 saturated carbocycles. The number of nitrogens with zero attached hydrogens (tertiary/aromatic N) is 3. The molecule has 34 heavy (non-hydrogen) atoms. The smallest absolute Gasteiger partial charge is 0.251 e. The van der Waals surface area contributed by atoms with Crippen LogP contribution in [0.4, 0.5) is 5.69 Å². The zero-order valence-corrected chi connectivity index (χ0v) is 19.4. The topological polar surface area (TPSA) is 76.5 Å². The summed E-state index contributed by atoms with van der Waals surface area (Å²) in [4.78, 5) is 31.9. The van der Waals surface area contributed by atoms with Crippen molar-refractivity contribution in [3.05, 3.63) is 90.3 Å². The number of likely N-dealkylation sites (N-methyl/N-ethyl adjacent to an activating group) is 1. The Morgan fingerprint density at radius 3 is 2.56 bits per heavy atom. The molecule has 174 valence electrons. The number of aromatic nitrogens is 2. The fraction of sp³-hybridized carbons (Fsp3) is 0.222. The van der Waals surface area contributed by atoms with Crippen LogP contribution in [0.2, 0.25) is 0 Å². The van der Waals surface area contributed by atoms with Gasteiger partial charge in [0.2, 0.25) is 5.91 Å². The van der Waals surface area contributed by atoms with Gasteiger partial charge in [-0.2, -0.15) is 0 Å². The number of methoxy groups -OCH3 is 1. The summed E-state index contributed by atoms with van der Waals surface area (Å²) in [6, 6.07) is 24.5. The first-order chi connectivity index (χ1) is 16.6. The minimum atomic E-state index is -0.146. The quantitative estimate of drug-likeness (QED) is 0.385. The second-order valence-electron chi connectivity index (χ2n) is 7.98. The third-order valence-corrected chi connectivity index (χ3v) is 5.74. The van der Waals surface area contributed by atoms with Gasteiger partial charge in [-0.25, -0.2) is 4.98 Å². The number of benzene rings is 3.